The Balaban J connectivity index is 2.94. The van der Waals surface area contributed by atoms with Gasteiger partial charge in [-0.1, -0.05) is 11.6 Å². The first kappa shape index (κ1) is 9.45. The number of carboxylic acid groups (broad SMARTS) is 1. The highest BCUT2D eigenvalue weighted by Gasteiger charge is 2.08. The van der Waals surface area contributed by atoms with E-state index in [1.807, 2.05) is 13.0 Å². The number of pyridine rings is 1. The summed E-state index contributed by atoms with van der Waals surface area (Å²) >= 11 is 0. The zero-order valence-corrected chi connectivity index (χ0v) is 8.10. The van der Waals surface area contributed by atoms with Gasteiger partial charge in [0.1, 0.15) is 0 Å². The van der Waals surface area contributed by atoms with Crippen molar-refractivity contribution in [3.8, 4) is 0 Å². The number of carbonyl (C=O) groups is 1. The Bertz CT molecular complexity index is 598. The number of aryl methyl sites for hydroxylation is 1. The number of nitrogens with zero attached hydrogens (tertiary/aromatic N) is 1. The average molecular weight is 203 g/mol. The van der Waals surface area contributed by atoms with E-state index in [9.17, 15) is 9.59 Å². The van der Waals surface area contributed by atoms with Crippen LogP contribution in [0.25, 0.3) is 10.9 Å². The highest BCUT2D eigenvalue weighted by Crippen LogP contribution is 2.13. The van der Waals surface area contributed by atoms with Crippen LogP contribution < -0.4 is 5.56 Å². The van der Waals surface area contributed by atoms with Gasteiger partial charge in [-0.3, -0.25) is 4.79 Å². The van der Waals surface area contributed by atoms with Crippen LogP contribution in [0.1, 0.15) is 5.56 Å². The minimum Gasteiger partial charge on any atom is -0.464 e. The molecule has 0 atom stereocenters. The van der Waals surface area contributed by atoms with Crippen molar-refractivity contribution in [3.05, 3.63) is 46.2 Å². The van der Waals surface area contributed by atoms with Crippen molar-refractivity contribution < 1.29 is 9.90 Å². The van der Waals surface area contributed by atoms with Crippen LogP contribution in [-0.4, -0.2) is 15.8 Å². The van der Waals surface area contributed by atoms with E-state index in [1.54, 1.807) is 18.2 Å². The number of rotatable bonds is 0. The van der Waals surface area contributed by atoms with E-state index in [4.69, 9.17) is 5.11 Å². The van der Waals surface area contributed by atoms with E-state index in [0.717, 1.165) is 15.5 Å². The molecule has 0 unspecified atom stereocenters. The first-order chi connectivity index (χ1) is 7.09. The van der Waals surface area contributed by atoms with Gasteiger partial charge >= 0.3 is 6.09 Å². The molecule has 0 aliphatic rings. The Kier molecular flexibility index (Phi) is 2.04. The van der Waals surface area contributed by atoms with E-state index >= 15 is 0 Å². The maximum absolute atomic E-state index is 11.3. The van der Waals surface area contributed by atoms with Gasteiger partial charge in [0.25, 0.3) is 5.56 Å². The monoisotopic (exact) mass is 203 g/mol. The topological polar surface area (TPSA) is 59.3 Å². The molecule has 0 aliphatic heterocycles. The fourth-order valence-corrected chi connectivity index (χ4v) is 1.56. The first-order valence-corrected chi connectivity index (χ1v) is 4.45. The third-order valence-corrected chi connectivity index (χ3v) is 2.24. The van der Waals surface area contributed by atoms with E-state index in [1.165, 1.54) is 6.07 Å². The summed E-state index contributed by atoms with van der Waals surface area (Å²) in [6, 6.07) is 8.15. The lowest BCUT2D eigenvalue weighted by Crippen LogP contribution is -2.25. The summed E-state index contributed by atoms with van der Waals surface area (Å²) in [7, 11) is 0. The first-order valence-electron chi connectivity index (χ1n) is 4.45. The molecule has 1 heterocycles. The second kappa shape index (κ2) is 3.24. The van der Waals surface area contributed by atoms with Gasteiger partial charge in [0.2, 0.25) is 0 Å². The lowest BCUT2D eigenvalue weighted by molar-refractivity contribution is 0.196. The van der Waals surface area contributed by atoms with Gasteiger partial charge in [0.15, 0.2) is 0 Å². The summed E-state index contributed by atoms with van der Waals surface area (Å²) in [6.07, 6.45) is -1.26. The summed E-state index contributed by atoms with van der Waals surface area (Å²) < 4.78 is 0.745. The summed E-state index contributed by atoms with van der Waals surface area (Å²) in [5, 5.41) is 9.64. The van der Waals surface area contributed by atoms with Crippen LogP contribution in [-0.2, 0) is 0 Å². The molecular weight excluding hydrogens is 194 g/mol. The molecule has 1 N–H and O–H groups in total. The molecule has 0 amide bonds. The molecular formula is C11H9NO3. The molecule has 0 radical (unpaired) electrons. The zero-order valence-electron chi connectivity index (χ0n) is 8.10. The van der Waals surface area contributed by atoms with Gasteiger partial charge in [-0.25, -0.2) is 9.36 Å². The van der Waals surface area contributed by atoms with Crippen molar-refractivity contribution in [2.24, 2.45) is 0 Å². The maximum Gasteiger partial charge on any atom is 0.419 e. The van der Waals surface area contributed by atoms with E-state index in [-0.39, 0.29) is 0 Å². The molecule has 0 saturated heterocycles. The number of hydrogen-bond acceptors (Lipinski definition) is 2. The molecule has 4 nitrogen and oxygen atoms in total. The van der Waals surface area contributed by atoms with Crippen molar-refractivity contribution in [1.82, 2.24) is 4.57 Å². The molecule has 1 aromatic carbocycles. The summed E-state index contributed by atoms with van der Waals surface area (Å²) in [6.45, 7) is 1.91. The predicted octanol–water partition coefficient (Wildman–Crippen LogP) is 1.84. The predicted molar refractivity (Wildman–Crippen MR) is 56.4 cm³/mol. The van der Waals surface area contributed by atoms with Gasteiger partial charge in [-0.05, 0) is 30.5 Å². The molecule has 0 bridgehead atoms. The Morgan fingerprint density at radius 2 is 2.00 bits per heavy atom. The molecule has 0 spiro atoms. The molecule has 76 valence electrons. The number of hydrogen-bond donors (Lipinski definition) is 1. The highest BCUT2D eigenvalue weighted by molar-refractivity contribution is 5.87. The second-order valence-electron chi connectivity index (χ2n) is 3.35. The van der Waals surface area contributed by atoms with Gasteiger partial charge in [-0.15, -0.1) is 0 Å². The van der Waals surface area contributed by atoms with Gasteiger partial charge < -0.3 is 5.11 Å². The second-order valence-corrected chi connectivity index (χ2v) is 3.35. The molecule has 1 aromatic heterocycles. The highest BCUT2D eigenvalue weighted by atomic mass is 16.4. The summed E-state index contributed by atoms with van der Waals surface area (Å²) in [5.41, 5.74) is 0.914. The van der Waals surface area contributed by atoms with Crippen molar-refractivity contribution in [1.29, 1.82) is 0 Å². The van der Waals surface area contributed by atoms with Gasteiger partial charge in [0, 0.05) is 6.07 Å². The fraction of sp³-hybridized carbons (Fsp3) is 0.0909. The third-order valence-electron chi connectivity index (χ3n) is 2.24. The number of fused-ring (bicyclic) bond motifs is 1. The smallest absolute Gasteiger partial charge is 0.419 e. The molecule has 0 fully saturated rings. The molecule has 0 saturated carbocycles. The zero-order chi connectivity index (χ0) is 11.0. The van der Waals surface area contributed by atoms with Crippen molar-refractivity contribution in [2.75, 3.05) is 0 Å². The lowest BCUT2D eigenvalue weighted by atomic mass is 10.1. The van der Waals surface area contributed by atoms with Crippen molar-refractivity contribution in [3.63, 3.8) is 0 Å². The third kappa shape index (κ3) is 1.50. The van der Waals surface area contributed by atoms with Gasteiger partial charge in [-0.2, -0.15) is 0 Å². The molecule has 0 aliphatic carbocycles. The van der Waals surface area contributed by atoms with Crippen molar-refractivity contribution >= 4 is 17.0 Å². The number of benzene rings is 1. The van der Waals surface area contributed by atoms with Crippen LogP contribution in [0.4, 0.5) is 4.79 Å². The van der Waals surface area contributed by atoms with Crippen LogP contribution in [0.3, 0.4) is 0 Å². The van der Waals surface area contributed by atoms with Crippen LogP contribution in [0.2, 0.25) is 0 Å². The molecule has 4 heteroatoms. The summed E-state index contributed by atoms with van der Waals surface area (Å²) in [5.74, 6) is 0. The SMILES string of the molecule is Cc1ccc2c(ccc(=O)n2C(=O)O)c1. The van der Waals surface area contributed by atoms with Crippen molar-refractivity contribution in [2.45, 2.75) is 6.92 Å². The van der Waals surface area contributed by atoms with E-state index in [0.29, 0.717) is 5.52 Å². The van der Waals surface area contributed by atoms with Crippen LogP contribution in [0.5, 0.6) is 0 Å². The Morgan fingerprint density at radius 3 is 2.67 bits per heavy atom. The quantitative estimate of drug-likeness (QED) is 0.710. The van der Waals surface area contributed by atoms with Gasteiger partial charge in [0.05, 0.1) is 5.52 Å². The maximum atomic E-state index is 11.3. The normalized spacial score (nSPS) is 10.5. The average Bonchev–Trinajstić information content (AvgIpc) is 2.17. The van der Waals surface area contributed by atoms with Crippen LogP contribution in [0.15, 0.2) is 35.1 Å². The Morgan fingerprint density at radius 1 is 1.27 bits per heavy atom. The lowest BCUT2D eigenvalue weighted by Gasteiger charge is -2.04. The molecule has 2 aromatic rings. The van der Waals surface area contributed by atoms with Crippen LogP contribution >= 0.6 is 0 Å². The van der Waals surface area contributed by atoms with E-state index in [2.05, 4.69) is 0 Å². The Labute approximate surface area is 85.4 Å². The fourth-order valence-electron chi connectivity index (χ4n) is 1.56. The summed E-state index contributed by atoms with van der Waals surface area (Å²) in [4.78, 5) is 22.2. The minimum atomic E-state index is -1.26. The van der Waals surface area contributed by atoms with Crippen LogP contribution in [0, 0.1) is 6.92 Å². The number of aromatic nitrogens is 1. The molecule has 15 heavy (non-hydrogen) atoms. The van der Waals surface area contributed by atoms with E-state index < -0.39 is 11.7 Å². The standard InChI is InChI=1S/C11H9NO3/c1-7-2-4-9-8(6-7)3-5-10(13)12(9)11(14)15/h2-6H,1H3,(H,14,15). The minimum absolute atomic E-state index is 0.417. The Hall–Kier alpha value is -2.10. The largest absolute Gasteiger partial charge is 0.464 e. The molecule has 2 rings (SSSR count).